The van der Waals surface area contributed by atoms with Gasteiger partial charge in [0, 0.05) is 5.92 Å². The van der Waals surface area contributed by atoms with Crippen molar-refractivity contribution < 1.29 is 4.74 Å². The molecule has 0 unspecified atom stereocenters. The maximum atomic E-state index is 6.05. The van der Waals surface area contributed by atoms with Crippen LogP contribution in [0.3, 0.4) is 0 Å². The van der Waals surface area contributed by atoms with Crippen molar-refractivity contribution in [1.29, 1.82) is 0 Å². The van der Waals surface area contributed by atoms with Crippen LogP contribution in [0, 0.1) is 5.92 Å². The van der Waals surface area contributed by atoms with E-state index in [1.54, 1.807) is 0 Å². The highest BCUT2D eigenvalue weighted by Gasteiger charge is 2.33. The molecule has 1 heteroatoms. The molecule has 0 N–H and O–H groups in total. The van der Waals surface area contributed by atoms with Crippen LogP contribution in [-0.2, 0) is 4.74 Å². The molecule has 0 amide bonds. The third-order valence-electron chi connectivity index (χ3n) is 3.48. The highest BCUT2D eigenvalue weighted by molar-refractivity contribution is 5.49. The van der Waals surface area contributed by atoms with Crippen LogP contribution in [0.4, 0.5) is 0 Å². The summed E-state index contributed by atoms with van der Waals surface area (Å²) in [5, 5.41) is 0. The van der Waals surface area contributed by atoms with E-state index in [1.165, 1.54) is 18.4 Å². The summed E-state index contributed by atoms with van der Waals surface area (Å²) in [5.41, 5.74) is 1.33. The predicted molar refractivity (Wildman–Crippen MR) is 72.8 cm³/mol. The minimum Gasteiger partial charge on any atom is -0.372 e. The van der Waals surface area contributed by atoms with Gasteiger partial charge in [0.15, 0.2) is 0 Å². The normalized spacial score (nSPS) is 25.2. The molecule has 0 aromatic heterocycles. The molecule has 1 aromatic carbocycles. The Balaban J connectivity index is 1.94. The first-order valence-corrected chi connectivity index (χ1v) is 6.48. The lowest BCUT2D eigenvalue weighted by Crippen LogP contribution is -2.23. The minimum atomic E-state index is 0.0690. The summed E-state index contributed by atoms with van der Waals surface area (Å²) in [7, 11) is 0. The van der Waals surface area contributed by atoms with E-state index in [4.69, 9.17) is 4.74 Å². The van der Waals surface area contributed by atoms with Crippen molar-refractivity contribution in [2.24, 2.45) is 5.92 Å². The second kappa shape index (κ2) is 5.05. The van der Waals surface area contributed by atoms with Crippen LogP contribution >= 0.6 is 0 Å². The fourth-order valence-electron chi connectivity index (χ4n) is 2.34. The van der Waals surface area contributed by atoms with Gasteiger partial charge in [-0.1, -0.05) is 49.4 Å². The van der Waals surface area contributed by atoms with Crippen LogP contribution in [0.5, 0.6) is 0 Å². The van der Waals surface area contributed by atoms with Gasteiger partial charge >= 0.3 is 0 Å². The second-order valence-electron chi connectivity index (χ2n) is 5.58. The summed E-state index contributed by atoms with van der Waals surface area (Å²) in [6.45, 7) is 6.60. The highest BCUT2D eigenvalue weighted by Crippen LogP contribution is 2.33. The molecule has 17 heavy (non-hydrogen) atoms. The van der Waals surface area contributed by atoms with Gasteiger partial charge in [-0.3, -0.25) is 0 Å². The zero-order valence-electron chi connectivity index (χ0n) is 11.0. The largest absolute Gasteiger partial charge is 0.372 e. The standard InChI is InChI=1S/C16H22O/c1-13(15-11-12-16(2,3)17-15)9-10-14-7-5-4-6-8-14/h4-10,13,15H,11-12H2,1-3H3/b10-9+/t13-,15+/m0/s1. The molecule has 1 aliphatic heterocycles. The van der Waals surface area contributed by atoms with Crippen molar-refractivity contribution in [3.8, 4) is 0 Å². The van der Waals surface area contributed by atoms with Crippen molar-refractivity contribution in [1.82, 2.24) is 0 Å². The second-order valence-corrected chi connectivity index (χ2v) is 5.58. The molecule has 0 radical (unpaired) electrons. The molecule has 0 saturated carbocycles. The topological polar surface area (TPSA) is 9.23 Å². The Hall–Kier alpha value is -1.08. The van der Waals surface area contributed by atoms with Crippen molar-refractivity contribution in [3.63, 3.8) is 0 Å². The average Bonchev–Trinajstić information content (AvgIpc) is 2.68. The highest BCUT2D eigenvalue weighted by atomic mass is 16.5. The summed E-state index contributed by atoms with van der Waals surface area (Å²) in [6, 6.07) is 10.4. The van der Waals surface area contributed by atoms with Gasteiger partial charge < -0.3 is 4.74 Å². The zero-order valence-corrected chi connectivity index (χ0v) is 11.0. The smallest absolute Gasteiger partial charge is 0.0643 e. The van der Waals surface area contributed by atoms with Crippen molar-refractivity contribution in [2.75, 3.05) is 0 Å². The van der Waals surface area contributed by atoms with Crippen LogP contribution in [0.1, 0.15) is 39.2 Å². The van der Waals surface area contributed by atoms with Gasteiger partial charge in [0.1, 0.15) is 0 Å². The van der Waals surface area contributed by atoms with Gasteiger partial charge in [-0.25, -0.2) is 0 Å². The molecule has 1 aromatic rings. The lowest BCUT2D eigenvalue weighted by Gasteiger charge is -2.21. The Kier molecular flexibility index (Phi) is 3.68. The molecule has 1 aliphatic rings. The summed E-state index contributed by atoms with van der Waals surface area (Å²) in [4.78, 5) is 0. The lowest BCUT2D eigenvalue weighted by atomic mass is 9.98. The average molecular weight is 230 g/mol. The summed E-state index contributed by atoms with van der Waals surface area (Å²) >= 11 is 0. The maximum Gasteiger partial charge on any atom is 0.0643 e. The molecule has 1 nitrogen and oxygen atoms in total. The zero-order chi connectivity index (χ0) is 12.3. The number of benzene rings is 1. The van der Waals surface area contributed by atoms with Crippen LogP contribution in [0.15, 0.2) is 36.4 Å². The lowest BCUT2D eigenvalue weighted by molar-refractivity contribution is -0.0292. The minimum absolute atomic E-state index is 0.0690. The first-order chi connectivity index (χ1) is 8.07. The molecule has 0 spiro atoms. The van der Waals surface area contributed by atoms with Crippen molar-refractivity contribution >= 4 is 6.08 Å². The van der Waals surface area contributed by atoms with Crippen molar-refractivity contribution in [2.45, 2.75) is 45.3 Å². The van der Waals surface area contributed by atoms with E-state index >= 15 is 0 Å². The van der Waals surface area contributed by atoms with Crippen LogP contribution in [0.2, 0.25) is 0 Å². The van der Waals surface area contributed by atoms with Gasteiger partial charge in [-0.2, -0.15) is 0 Å². The first kappa shape index (κ1) is 12.4. The first-order valence-electron chi connectivity index (χ1n) is 6.48. The van der Waals surface area contributed by atoms with Gasteiger partial charge in [-0.15, -0.1) is 0 Å². The Morgan fingerprint density at radius 1 is 1.29 bits per heavy atom. The van der Waals surface area contributed by atoms with E-state index in [0.717, 1.165) is 0 Å². The van der Waals surface area contributed by atoms with E-state index in [1.807, 2.05) is 6.07 Å². The van der Waals surface area contributed by atoms with E-state index in [2.05, 4.69) is 57.2 Å². The van der Waals surface area contributed by atoms with E-state index < -0.39 is 0 Å². The summed E-state index contributed by atoms with van der Waals surface area (Å²) in [6.07, 6.45) is 7.18. The molecular formula is C16H22O. The molecular weight excluding hydrogens is 208 g/mol. The van der Waals surface area contributed by atoms with E-state index in [9.17, 15) is 0 Å². The summed E-state index contributed by atoms with van der Waals surface area (Å²) < 4.78 is 6.05. The van der Waals surface area contributed by atoms with Gasteiger partial charge in [-0.05, 0) is 32.3 Å². The monoisotopic (exact) mass is 230 g/mol. The van der Waals surface area contributed by atoms with Crippen molar-refractivity contribution in [3.05, 3.63) is 42.0 Å². The number of hydrogen-bond donors (Lipinski definition) is 0. The maximum absolute atomic E-state index is 6.05. The molecule has 1 fully saturated rings. The Labute approximate surface area is 104 Å². The Morgan fingerprint density at radius 2 is 2.00 bits per heavy atom. The molecule has 2 atom stereocenters. The number of rotatable bonds is 3. The fraction of sp³-hybridized carbons (Fsp3) is 0.500. The van der Waals surface area contributed by atoms with E-state index in [-0.39, 0.29) is 5.60 Å². The Bertz CT molecular complexity index is 378. The van der Waals surface area contributed by atoms with Gasteiger partial charge in [0.25, 0.3) is 0 Å². The quantitative estimate of drug-likeness (QED) is 0.752. The van der Waals surface area contributed by atoms with Gasteiger partial charge in [0.2, 0.25) is 0 Å². The number of hydrogen-bond acceptors (Lipinski definition) is 1. The molecule has 2 rings (SSSR count). The molecule has 92 valence electrons. The van der Waals surface area contributed by atoms with E-state index in [0.29, 0.717) is 12.0 Å². The van der Waals surface area contributed by atoms with Crippen LogP contribution in [-0.4, -0.2) is 11.7 Å². The third kappa shape index (κ3) is 3.44. The van der Waals surface area contributed by atoms with Crippen LogP contribution < -0.4 is 0 Å². The summed E-state index contributed by atoms with van der Waals surface area (Å²) in [5.74, 6) is 0.483. The predicted octanol–water partition coefficient (Wildman–Crippen LogP) is 4.29. The Morgan fingerprint density at radius 3 is 2.59 bits per heavy atom. The molecule has 0 aliphatic carbocycles. The number of ether oxygens (including phenoxy) is 1. The molecule has 1 saturated heterocycles. The molecule has 1 heterocycles. The van der Waals surface area contributed by atoms with Crippen LogP contribution in [0.25, 0.3) is 6.08 Å². The third-order valence-corrected chi connectivity index (χ3v) is 3.48. The molecule has 0 bridgehead atoms. The van der Waals surface area contributed by atoms with Gasteiger partial charge in [0.05, 0.1) is 11.7 Å². The fourth-order valence-corrected chi connectivity index (χ4v) is 2.34. The SMILES string of the molecule is C[C@@H](/C=C/c1ccccc1)[C@H]1CCC(C)(C)O1.